The molecule has 4 aromatic rings. The Bertz CT molecular complexity index is 3270. The van der Waals surface area contributed by atoms with Crippen molar-refractivity contribution in [1.82, 2.24) is 70.1 Å². The van der Waals surface area contributed by atoms with E-state index in [1.165, 1.54) is 39.3 Å². The van der Waals surface area contributed by atoms with E-state index in [-0.39, 0.29) is 106 Å². The first-order valence-electron chi connectivity index (χ1n) is 26.9. The molecule has 522 valence electrons. The maximum Gasteiger partial charge on any atom is 0.342 e. The van der Waals surface area contributed by atoms with Crippen LogP contribution in [0.5, 0.6) is 0 Å². The number of hydrogen-bond donors (Lipinski definition) is 8. The number of aliphatic imine (C=N–C) groups is 1. The molecule has 0 bridgehead atoms. The first kappa shape index (κ1) is 81.6. The van der Waals surface area contributed by atoms with Gasteiger partial charge in [-0.1, -0.05) is 0 Å². The van der Waals surface area contributed by atoms with Crippen LogP contribution < -0.4 is 37.6 Å². The van der Waals surface area contributed by atoms with Gasteiger partial charge in [-0.3, -0.25) is 40.2 Å². The zero-order chi connectivity index (χ0) is 71.7. The van der Waals surface area contributed by atoms with Gasteiger partial charge < -0.3 is 105 Å². The van der Waals surface area contributed by atoms with Gasteiger partial charge in [0.15, 0.2) is 34.4 Å². The molecule has 0 fully saturated rings. The SMILES string of the molecule is CC(=N)NC(=O)COCC(=O)OCCn1c([N+](=O)[O-])cnc1C.CN=C(N)NC(=O)COCC(=O)OCCn1c([N+](=O)[O-])cnc1C.CNC(=O)NC(=O)COCC(=O)OCCn1c([N+](=O)[O-])cnc1C.CNC(=S)NC(=O)COCC(=O)OCCn1c([N+](=O)[O-])cnc1C. The van der Waals surface area contributed by atoms with E-state index >= 15 is 0 Å². The summed E-state index contributed by atoms with van der Waals surface area (Å²) in [5, 5.41) is 63.8. The molecule has 9 N–H and O–H groups in total. The minimum absolute atomic E-state index is 0.0292. The number of hydrogen-bond acceptors (Lipinski definition) is 32. The maximum absolute atomic E-state index is 11.5. The minimum Gasteiger partial charge on any atom is -0.460 e. The molecule has 0 aliphatic heterocycles. The summed E-state index contributed by atoms with van der Waals surface area (Å²) in [5.74, 6) is -4.32. The Kier molecular flexibility index (Phi) is 37.9. The molecule has 0 aliphatic rings. The van der Waals surface area contributed by atoms with Gasteiger partial charge in [0.2, 0.25) is 0 Å². The number of aryl methyl sites for hydroxylation is 4. The number of rotatable bonds is 32. The van der Waals surface area contributed by atoms with Crippen molar-refractivity contribution in [3.8, 4) is 0 Å². The summed E-state index contributed by atoms with van der Waals surface area (Å²) < 4.78 is 44.0. The lowest BCUT2D eigenvalue weighted by Crippen LogP contribution is -2.39. The second kappa shape index (κ2) is 44.1. The van der Waals surface area contributed by atoms with Crippen LogP contribution in [0, 0.1) is 73.6 Å². The average Bonchev–Trinajstić information content (AvgIpc) is 1.76. The largest absolute Gasteiger partial charge is 0.460 e. The number of ether oxygens (including phenoxy) is 8. The first-order chi connectivity index (χ1) is 44.8. The number of amidine groups is 1. The van der Waals surface area contributed by atoms with E-state index in [1.54, 1.807) is 34.7 Å². The fourth-order valence-corrected chi connectivity index (χ4v) is 6.64. The summed E-state index contributed by atoms with van der Waals surface area (Å²) in [5.41, 5.74) is 5.28. The third-order valence-corrected chi connectivity index (χ3v) is 11.1. The molecule has 0 atom stereocenters. The Morgan fingerprint density at radius 2 is 0.747 bits per heavy atom. The molecule has 47 heteroatoms. The highest BCUT2D eigenvalue weighted by molar-refractivity contribution is 7.80. The molecular formula is C48H69N21O25S. The summed E-state index contributed by atoms with van der Waals surface area (Å²) >= 11 is 4.72. The summed E-state index contributed by atoms with van der Waals surface area (Å²) in [7, 11) is 4.29. The number of amides is 6. The topological polar surface area (TPSA) is 606 Å². The van der Waals surface area contributed by atoms with E-state index in [4.69, 9.17) is 61.3 Å². The van der Waals surface area contributed by atoms with Crippen LogP contribution >= 0.6 is 12.2 Å². The van der Waals surface area contributed by atoms with Crippen LogP contribution in [0.25, 0.3) is 0 Å². The predicted molar refractivity (Wildman–Crippen MR) is 321 cm³/mol. The van der Waals surface area contributed by atoms with Gasteiger partial charge in [-0.15, -0.1) is 0 Å². The number of nitro groups is 4. The molecule has 0 saturated carbocycles. The molecule has 46 nitrogen and oxygen atoms in total. The van der Waals surface area contributed by atoms with Crippen molar-refractivity contribution in [2.24, 2.45) is 10.7 Å². The van der Waals surface area contributed by atoms with Gasteiger partial charge in [-0.05, 0) is 38.8 Å². The van der Waals surface area contributed by atoms with Gasteiger partial charge in [0.25, 0.3) is 23.6 Å². The zero-order valence-corrected chi connectivity index (χ0v) is 52.9. The van der Waals surface area contributed by atoms with Crippen LogP contribution in [0.4, 0.5) is 28.1 Å². The minimum atomic E-state index is -0.747. The van der Waals surface area contributed by atoms with Gasteiger partial charge in [0, 0.05) is 48.8 Å². The number of imidazole rings is 4. The first-order valence-corrected chi connectivity index (χ1v) is 27.3. The van der Waals surface area contributed by atoms with Crippen molar-refractivity contribution in [2.45, 2.75) is 60.8 Å². The quantitative estimate of drug-likeness (QED) is 0.00456. The molecule has 4 aromatic heterocycles. The van der Waals surface area contributed by atoms with Crippen LogP contribution in [-0.2, 0) is 102 Å². The Balaban J connectivity index is 0.000000633. The van der Waals surface area contributed by atoms with Crippen molar-refractivity contribution < 1.29 is 101 Å². The number of esters is 4. The van der Waals surface area contributed by atoms with E-state index in [9.17, 15) is 83.6 Å². The lowest BCUT2D eigenvalue weighted by atomic mass is 10.5. The molecule has 0 radical (unpaired) electrons. The fourth-order valence-electron chi connectivity index (χ4n) is 6.52. The highest BCUT2D eigenvalue weighted by Gasteiger charge is 2.22. The molecule has 0 aliphatic carbocycles. The monoisotopic (exact) mass is 1370 g/mol. The van der Waals surface area contributed by atoms with Gasteiger partial charge in [-0.2, -0.15) is 0 Å². The van der Waals surface area contributed by atoms with Crippen LogP contribution in [0.1, 0.15) is 30.2 Å². The second-order valence-electron chi connectivity index (χ2n) is 17.7. The number of aromatic nitrogens is 8. The smallest absolute Gasteiger partial charge is 0.342 e. The van der Waals surface area contributed by atoms with Crippen LogP contribution in [0.15, 0.2) is 29.8 Å². The summed E-state index contributed by atoms with van der Waals surface area (Å²) in [6, 6.07) is -0.691. The number of guanidine groups is 1. The van der Waals surface area contributed by atoms with E-state index in [2.05, 4.69) is 51.5 Å². The van der Waals surface area contributed by atoms with E-state index < -0.39 is 113 Å². The Morgan fingerprint density at radius 3 is 0.989 bits per heavy atom. The Morgan fingerprint density at radius 1 is 0.484 bits per heavy atom. The van der Waals surface area contributed by atoms with Crippen molar-refractivity contribution in [3.63, 3.8) is 0 Å². The van der Waals surface area contributed by atoms with Crippen molar-refractivity contribution >= 4 is 106 Å². The van der Waals surface area contributed by atoms with E-state index in [0.717, 1.165) is 24.8 Å². The van der Waals surface area contributed by atoms with Gasteiger partial charge in [0.05, 0.1) is 5.84 Å². The number of nitrogens with zero attached hydrogens (tertiary/aromatic N) is 13. The number of nitrogens with one attached hydrogen (secondary N) is 7. The Labute approximate surface area is 541 Å². The third-order valence-electron chi connectivity index (χ3n) is 10.8. The molecule has 4 heterocycles. The molecule has 0 aromatic carbocycles. The van der Waals surface area contributed by atoms with Crippen molar-refractivity contribution in [1.29, 1.82) is 5.41 Å². The van der Waals surface area contributed by atoms with E-state index in [0.29, 0.717) is 23.3 Å². The third kappa shape index (κ3) is 33.4. The molecule has 0 unspecified atom stereocenters. The highest BCUT2D eigenvalue weighted by atomic mass is 32.1. The second-order valence-corrected chi connectivity index (χ2v) is 18.1. The van der Waals surface area contributed by atoms with Gasteiger partial charge in [-0.25, -0.2) is 62.2 Å². The van der Waals surface area contributed by atoms with Crippen LogP contribution in [0.3, 0.4) is 0 Å². The van der Waals surface area contributed by atoms with Crippen LogP contribution in [-0.4, -0.2) is 229 Å². The van der Waals surface area contributed by atoms with Gasteiger partial charge in [0.1, 0.15) is 130 Å². The zero-order valence-electron chi connectivity index (χ0n) is 52.1. The van der Waals surface area contributed by atoms with Crippen molar-refractivity contribution in [2.75, 3.05) is 100 Å². The standard InChI is InChI=1S/C12H18N6O6.C12H17N5O7.C12H17N5O6S.C12H17N5O6/c1-8-15-5-10(18(21)22)17(8)3-4-24-11(20)7-23-6-9(19)16-12(13)14-2;1-8-14-5-10(17(21)22)16(8)3-4-24-11(19)7-23-6-9(18)15-12(20)13-2;1-8-14-5-10(17(20)21)16(8)3-4-23-11(19)7-22-6-9(18)15-12(24)13-2;1-8(13)15-10(18)6-22-7-12(19)23-4-3-16-9(2)14-5-11(16)17(20)21/h5H,3-4,6-7H2,1-2H3,(H3,13,14,16,19);5H,3-4,6-7H2,1-2H3,(H2,13,15,18,20);5H,3-4,6-7H2,1-2H3,(H2,13,15,18,24);5H,3-4,6-7H2,1-2H3,(H2,13,15,18). The highest BCUT2D eigenvalue weighted by Crippen LogP contribution is 2.16. The Hall–Kier alpha value is -11.5. The molecular weight excluding hydrogens is 1300 g/mol. The molecule has 0 saturated heterocycles. The molecule has 4 rings (SSSR count). The normalized spacial score (nSPS) is 10.4. The summed E-state index contributed by atoms with van der Waals surface area (Å²) in [4.78, 5) is 161. The predicted octanol–water partition coefficient (Wildman–Crippen LogP) is -3.11. The van der Waals surface area contributed by atoms with E-state index in [1.807, 2.05) is 5.32 Å². The number of carbonyl (C=O) groups is 9. The lowest BCUT2D eigenvalue weighted by molar-refractivity contribution is -0.392. The lowest BCUT2D eigenvalue weighted by Gasteiger charge is -2.07. The van der Waals surface area contributed by atoms with Crippen molar-refractivity contribution in [3.05, 3.63) is 88.5 Å². The number of nitrogens with two attached hydrogens (primary N) is 1. The number of thiocarbonyl (C=S) groups is 1. The fraction of sp³-hybridized carbons (Fsp3) is 0.500. The number of imide groups is 1. The summed E-state index contributed by atoms with van der Waals surface area (Å²) in [6.45, 7) is 4.28. The maximum atomic E-state index is 11.5. The van der Waals surface area contributed by atoms with Crippen LogP contribution in [0.2, 0.25) is 0 Å². The average molecular weight is 1370 g/mol. The molecule has 0 spiro atoms. The summed E-state index contributed by atoms with van der Waals surface area (Å²) in [6.07, 6.45) is 4.51. The number of carbonyl (C=O) groups excluding carboxylic acids is 9. The molecule has 95 heavy (non-hydrogen) atoms. The molecule has 6 amide bonds. The number of urea groups is 1. The van der Waals surface area contributed by atoms with Gasteiger partial charge >= 0.3 is 53.2 Å².